The summed E-state index contributed by atoms with van der Waals surface area (Å²) in [7, 11) is 0. The Hall–Kier alpha value is -2.38. The van der Waals surface area contributed by atoms with Crippen molar-refractivity contribution in [1.82, 2.24) is 19.7 Å². The maximum Gasteiger partial charge on any atom is 0.416 e. The molecule has 0 saturated heterocycles. The highest BCUT2D eigenvalue weighted by Crippen LogP contribution is 2.31. The zero-order valence-electron chi connectivity index (χ0n) is 12.8. The van der Waals surface area contributed by atoms with Crippen LogP contribution in [-0.2, 0) is 17.5 Å². The summed E-state index contributed by atoms with van der Waals surface area (Å²) in [5.41, 5.74) is -0.282. The zero-order valence-corrected chi connectivity index (χ0v) is 12.8. The van der Waals surface area contributed by atoms with Crippen molar-refractivity contribution in [2.75, 3.05) is 6.54 Å². The van der Waals surface area contributed by atoms with Crippen molar-refractivity contribution in [2.24, 2.45) is 0 Å². The SMILES string of the molecule is CCN(C(=O)Cn1cncn1)C(C)c1cccc(C(F)(F)F)c1. The molecule has 23 heavy (non-hydrogen) atoms. The fourth-order valence-corrected chi connectivity index (χ4v) is 2.36. The molecule has 2 rings (SSSR count). The molecular weight excluding hydrogens is 309 g/mol. The van der Waals surface area contributed by atoms with E-state index < -0.39 is 17.8 Å². The average Bonchev–Trinajstić information content (AvgIpc) is 3.00. The Bertz CT molecular complexity index is 655. The molecule has 1 amide bonds. The Morgan fingerprint density at radius 3 is 2.70 bits per heavy atom. The number of rotatable bonds is 5. The topological polar surface area (TPSA) is 51.0 Å². The van der Waals surface area contributed by atoms with Crippen LogP contribution in [0.25, 0.3) is 0 Å². The van der Waals surface area contributed by atoms with Gasteiger partial charge in [0, 0.05) is 6.54 Å². The average molecular weight is 326 g/mol. The van der Waals surface area contributed by atoms with E-state index >= 15 is 0 Å². The van der Waals surface area contributed by atoms with E-state index in [1.807, 2.05) is 0 Å². The Morgan fingerprint density at radius 2 is 2.13 bits per heavy atom. The molecule has 0 N–H and O–H groups in total. The third-order valence-corrected chi connectivity index (χ3v) is 3.59. The highest BCUT2D eigenvalue weighted by atomic mass is 19.4. The molecule has 0 bridgehead atoms. The molecule has 0 aliphatic carbocycles. The van der Waals surface area contributed by atoms with Gasteiger partial charge in [0.05, 0.1) is 11.6 Å². The summed E-state index contributed by atoms with van der Waals surface area (Å²) in [6.07, 6.45) is -1.67. The van der Waals surface area contributed by atoms with Crippen molar-refractivity contribution in [3.8, 4) is 0 Å². The lowest BCUT2D eigenvalue weighted by atomic mass is 10.0. The summed E-state index contributed by atoms with van der Waals surface area (Å²) in [6.45, 7) is 3.86. The quantitative estimate of drug-likeness (QED) is 0.849. The second-order valence-electron chi connectivity index (χ2n) is 5.07. The Kier molecular flexibility index (Phi) is 5.02. The third kappa shape index (κ3) is 4.08. The molecular formula is C15H17F3N4O. The first-order chi connectivity index (χ1) is 10.8. The highest BCUT2D eigenvalue weighted by molar-refractivity contribution is 5.76. The summed E-state index contributed by atoms with van der Waals surface area (Å²) >= 11 is 0. The van der Waals surface area contributed by atoms with Gasteiger partial charge in [0.1, 0.15) is 19.2 Å². The number of hydrogen-bond donors (Lipinski definition) is 0. The van der Waals surface area contributed by atoms with Crippen molar-refractivity contribution in [2.45, 2.75) is 32.6 Å². The van der Waals surface area contributed by atoms with Crippen LogP contribution in [0.2, 0.25) is 0 Å². The molecule has 0 spiro atoms. The van der Waals surface area contributed by atoms with Crippen molar-refractivity contribution in [3.63, 3.8) is 0 Å². The van der Waals surface area contributed by atoms with Gasteiger partial charge in [-0.3, -0.25) is 4.79 Å². The predicted molar refractivity (Wildman–Crippen MR) is 77.3 cm³/mol. The molecule has 8 heteroatoms. The van der Waals surface area contributed by atoms with E-state index in [2.05, 4.69) is 10.1 Å². The van der Waals surface area contributed by atoms with E-state index in [1.54, 1.807) is 19.9 Å². The molecule has 0 aliphatic rings. The first kappa shape index (κ1) is 17.0. The second-order valence-corrected chi connectivity index (χ2v) is 5.07. The number of nitrogens with zero attached hydrogens (tertiary/aromatic N) is 4. The minimum atomic E-state index is -4.41. The first-order valence-corrected chi connectivity index (χ1v) is 7.12. The molecule has 1 heterocycles. The number of amides is 1. The minimum Gasteiger partial charge on any atom is -0.335 e. The van der Waals surface area contributed by atoms with Gasteiger partial charge >= 0.3 is 6.18 Å². The summed E-state index contributed by atoms with van der Waals surface area (Å²) in [5, 5.41) is 3.86. The zero-order chi connectivity index (χ0) is 17.0. The molecule has 5 nitrogen and oxygen atoms in total. The monoisotopic (exact) mass is 326 g/mol. The van der Waals surface area contributed by atoms with Crippen LogP contribution in [0.3, 0.4) is 0 Å². The lowest BCUT2D eigenvalue weighted by molar-refractivity contribution is -0.137. The largest absolute Gasteiger partial charge is 0.416 e. The van der Waals surface area contributed by atoms with Gasteiger partial charge in [-0.1, -0.05) is 12.1 Å². The number of carbonyl (C=O) groups is 1. The number of carbonyl (C=O) groups excluding carboxylic acids is 1. The minimum absolute atomic E-state index is 0.00284. The van der Waals surface area contributed by atoms with Crippen LogP contribution >= 0.6 is 0 Å². The van der Waals surface area contributed by atoms with Crippen LogP contribution in [0.1, 0.15) is 31.0 Å². The van der Waals surface area contributed by atoms with Gasteiger partial charge in [-0.25, -0.2) is 9.67 Å². The summed E-state index contributed by atoms with van der Waals surface area (Å²) < 4.78 is 39.9. The van der Waals surface area contributed by atoms with E-state index in [4.69, 9.17) is 0 Å². The van der Waals surface area contributed by atoms with Crippen LogP contribution < -0.4 is 0 Å². The van der Waals surface area contributed by atoms with Crippen molar-refractivity contribution >= 4 is 5.91 Å². The van der Waals surface area contributed by atoms with Crippen molar-refractivity contribution < 1.29 is 18.0 Å². The Labute approximate surface area is 131 Å². The molecule has 1 atom stereocenters. The molecule has 0 fully saturated rings. The van der Waals surface area contributed by atoms with E-state index in [1.165, 1.54) is 28.3 Å². The number of aromatic nitrogens is 3. The first-order valence-electron chi connectivity index (χ1n) is 7.12. The van der Waals surface area contributed by atoms with E-state index in [0.717, 1.165) is 12.1 Å². The normalized spacial score (nSPS) is 12.9. The third-order valence-electron chi connectivity index (χ3n) is 3.59. The van der Waals surface area contributed by atoms with Crippen LogP contribution in [0.5, 0.6) is 0 Å². The maximum absolute atomic E-state index is 12.8. The van der Waals surface area contributed by atoms with Gasteiger partial charge in [-0.15, -0.1) is 0 Å². The van der Waals surface area contributed by atoms with Crippen LogP contribution in [0.4, 0.5) is 13.2 Å². The summed E-state index contributed by atoms with van der Waals surface area (Å²) in [5.74, 6) is -0.233. The Morgan fingerprint density at radius 1 is 1.39 bits per heavy atom. The molecule has 1 aromatic carbocycles. The molecule has 0 aliphatic heterocycles. The standard InChI is InChI=1S/C15H17F3N4O/c1-3-22(14(23)8-21-10-19-9-20-21)11(2)12-5-4-6-13(7-12)15(16,17)18/h4-7,9-11H,3,8H2,1-2H3. The van der Waals surface area contributed by atoms with Gasteiger partial charge in [-0.2, -0.15) is 18.3 Å². The fraction of sp³-hybridized carbons (Fsp3) is 0.400. The highest BCUT2D eigenvalue weighted by Gasteiger charge is 2.31. The fourth-order valence-electron chi connectivity index (χ4n) is 2.36. The van der Waals surface area contributed by atoms with E-state index in [9.17, 15) is 18.0 Å². The maximum atomic E-state index is 12.8. The smallest absolute Gasteiger partial charge is 0.335 e. The Balaban J connectivity index is 2.19. The molecule has 1 aromatic heterocycles. The lowest BCUT2D eigenvalue weighted by Gasteiger charge is -2.28. The molecule has 124 valence electrons. The van der Waals surface area contributed by atoms with Crippen molar-refractivity contribution in [3.05, 3.63) is 48.0 Å². The number of alkyl halides is 3. The molecule has 0 radical (unpaired) electrons. The number of hydrogen-bond acceptors (Lipinski definition) is 3. The van der Waals surface area contributed by atoms with Crippen LogP contribution in [0.15, 0.2) is 36.9 Å². The predicted octanol–water partition coefficient (Wildman–Crippen LogP) is 2.91. The van der Waals surface area contributed by atoms with Gasteiger partial charge in [0.15, 0.2) is 0 Å². The number of likely N-dealkylation sites (N-methyl/N-ethyl adjacent to an activating group) is 1. The second kappa shape index (κ2) is 6.80. The number of halogens is 3. The molecule has 2 aromatic rings. The van der Waals surface area contributed by atoms with Gasteiger partial charge in [-0.05, 0) is 31.5 Å². The summed E-state index contributed by atoms with van der Waals surface area (Å²) in [6, 6.07) is 4.56. The van der Waals surface area contributed by atoms with Crippen LogP contribution in [0, 0.1) is 0 Å². The van der Waals surface area contributed by atoms with Crippen LogP contribution in [-0.4, -0.2) is 32.1 Å². The van der Waals surface area contributed by atoms with E-state index in [0.29, 0.717) is 12.1 Å². The number of benzene rings is 1. The van der Waals surface area contributed by atoms with Crippen molar-refractivity contribution in [1.29, 1.82) is 0 Å². The summed E-state index contributed by atoms with van der Waals surface area (Å²) in [4.78, 5) is 17.6. The van der Waals surface area contributed by atoms with Gasteiger partial charge in [0.2, 0.25) is 5.91 Å². The van der Waals surface area contributed by atoms with E-state index in [-0.39, 0.29) is 12.5 Å². The molecule has 1 unspecified atom stereocenters. The van der Waals surface area contributed by atoms with Gasteiger partial charge in [0.25, 0.3) is 0 Å². The van der Waals surface area contributed by atoms with Gasteiger partial charge < -0.3 is 4.90 Å². The molecule has 0 saturated carbocycles. The lowest BCUT2D eigenvalue weighted by Crippen LogP contribution is -2.36.